The van der Waals surface area contributed by atoms with Crippen molar-refractivity contribution in [3.05, 3.63) is 30.1 Å². The molecule has 0 amide bonds. The van der Waals surface area contributed by atoms with Crippen molar-refractivity contribution < 1.29 is 15.2 Å². The Bertz CT molecular complexity index is 345. The lowest BCUT2D eigenvalue weighted by Gasteiger charge is -2.26. The van der Waals surface area contributed by atoms with Gasteiger partial charge in [0, 0.05) is 31.7 Å². The fourth-order valence-corrected chi connectivity index (χ4v) is 2.18. The van der Waals surface area contributed by atoms with Crippen LogP contribution in [0, 0.1) is 0 Å². The Labute approximate surface area is 88.3 Å². The zero-order valence-corrected chi connectivity index (χ0v) is 8.48. The van der Waals surface area contributed by atoms with Crippen LogP contribution in [0.15, 0.2) is 24.5 Å². The monoisotopic (exact) mass is 206 g/mol. The van der Waals surface area contributed by atoms with Gasteiger partial charge in [0.25, 0.3) is 0 Å². The molecule has 1 aliphatic rings. The van der Waals surface area contributed by atoms with E-state index < -0.39 is 11.5 Å². The van der Waals surface area contributed by atoms with Gasteiger partial charge in [0.2, 0.25) is 0 Å². The molecule has 0 spiro atoms. The molecule has 0 bridgehead atoms. The summed E-state index contributed by atoms with van der Waals surface area (Å²) in [5.41, 5.74) is 0.197. The molecule has 0 aliphatic carbocycles. The van der Waals surface area contributed by atoms with E-state index in [1.54, 1.807) is 12.4 Å². The van der Waals surface area contributed by atoms with Crippen molar-refractivity contribution in [3.63, 3.8) is 0 Å². The molecule has 0 unspecified atom stereocenters. The van der Waals surface area contributed by atoms with Crippen LogP contribution in [0.1, 0.15) is 18.4 Å². The summed E-state index contributed by atoms with van der Waals surface area (Å²) in [5, 5.41) is 13.0. The van der Waals surface area contributed by atoms with Crippen molar-refractivity contribution in [2.75, 3.05) is 6.54 Å². The minimum absolute atomic E-state index is 0.503. The Morgan fingerprint density at radius 3 is 3.07 bits per heavy atom. The molecule has 1 aliphatic heterocycles. The Balaban J connectivity index is 2.18. The average molecular weight is 206 g/mol. The van der Waals surface area contributed by atoms with Gasteiger partial charge in [-0.2, -0.15) is 0 Å². The summed E-state index contributed by atoms with van der Waals surface area (Å²) in [6.07, 6.45) is 5.53. The summed E-state index contributed by atoms with van der Waals surface area (Å²) in [7, 11) is 0. The van der Waals surface area contributed by atoms with E-state index in [0.717, 1.165) is 18.5 Å². The van der Waals surface area contributed by atoms with Gasteiger partial charge in [0.05, 0.1) is 6.54 Å². The summed E-state index contributed by atoms with van der Waals surface area (Å²) in [4.78, 5) is 15.2. The number of rotatable bonds is 3. The van der Waals surface area contributed by atoms with Crippen molar-refractivity contribution in [1.82, 2.24) is 4.98 Å². The lowest BCUT2D eigenvalue weighted by Crippen LogP contribution is -2.97. The number of aromatic nitrogens is 1. The first-order valence-corrected chi connectivity index (χ1v) is 5.18. The molecule has 0 radical (unpaired) electrons. The summed E-state index contributed by atoms with van der Waals surface area (Å²) in [6.45, 7) is 0.869. The molecule has 1 fully saturated rings. The maximum atomic E-state index is 11.2. The Morgan fingerprint density at radius 2 is 2.53 bits per heavy atom. The third kappa shape index (κ3) is 1.99. The predicted molar refractivity (Wildman–Crippen MR) is 51.7 cm³/mol. The molecule has 1 saturated heterocycles. The van der Waals surface area contributed by atoms with Gasteiger partial charge in [0.15, 0.2) is 0 Å². The molecule has 4 heteroatoms. The highest BCUT2D eigenvalue weighted by atomic mass is 16.4. The normalized spacial score (nSPS) is 25.3. The molecule has 2 rings (SSSR count). The predicted octanol–water partition coefficient (Wildman–Crippen LogP) is -1.53. The van der Waals surface area contributed by atoms with Crippen LogP contribution >= 0.6 is 0 Å². The SMILES string of the molecule is O=C([O-])[C@@]1(Cc2cccnc2)CCC[NH2+]1. The molecule has 2 N–H and O–H groups in total. The third-order valence-corrected chi connectivity index (χ3v) is 3.01. The van der Waals surface area contributed by atoms with Crippen molar-refractivity contribution >= 4 is 5.97 Å². The largest absolute Gasteiger partial charge is 0.544 e. The van der Waals surface area contributed by atoms with Gasteiger partial charge in [-0.15, -0.1) is 0 Å². The molecule has 80 valence electrons. The maximum absolute atomic E-state index is 11.2. The van der Waals surface area contributed by atoms with Crippen molar-refractivity contribution in [2.45, 2.75) is 24.8 Å². The number of carboxylic acids is 1. The fraction of sp³-hybridized carbons (Fsp3) is 0.455. The Morgan fingerprint density at radius 1 is 1.67 bits per heavy atom. The highest BCUT2D eigenvalue weighted by Crippen LogP contribution is 2.17. The van der Waals surface area contributed by atoms with Crippen LogP contribution < -0.4 is 10.4 Å². The molecule has 0 saturated carbocycles. The van der Waals surface area contributed by atoms with Crippen LogP contribution in [0.2, 0.25) is 0 Å². The molecule has 1 aromatic rings. The van der Waals surface area contributed by atoms with Crippen LogP contribution in [-0.2, 0) is 11.2 Å². The van der Waals surface area contributed by atoms with Gasteiger partial charge in [-0.3, -0.25) is 4.98 Å². The van der Waals surface area contributed by atoms with E-state index in [9.17, 15) is 9.90 Å². The molecular formula is C11H14N2O2. The zero-order valence-electron chi connectivity index (χ0n) is 8.48. The van der Waals surface area contributed by atoms with Crippen molar-refractivity contribution in [1.29, 1.82) is 0 Å². The van der Waals surface area contributed by atoms with Crippen LogP contribution in [0.4, 0.5) is 0 Å². The minimum Gasteiger partial charge on any atom is -0.544 e. The van der Waals surface area contributed by atoms with Crippen LogP contribution in [-0.4, -0.2) is 23.0 Å². The number of carbonyl (C=O) groups is 1. The summed E-state index contributed by atoms with van der Waals surface area (Å²) >= 11 is 0. The zero-order chi connectivity index (χ0) is 10.7. The second kappa shape index (κ2) is 3.98. The molecule has 0 aromatic carbocycles. The van der Waals surface area contributed by atoms with Gasteiger partial charge in [-0.05, 0) is 11.6 Å². The highest BCUT2D eigenvalue weighted by molar-refractivity contribution is 5.75. The number of hydrogen-bond acceptors (Lipinski definition) is 3. The van der Waals surface area contributed by atoms with E-state index in [2.05, 4.69) is 4.98 Å². The lowest BCUT2D eigenvalue weighted by molar-refractivity contribution is -0.700. The second-order valence-corrected chi connectivity index (χ2v) is 4.08. The van der Waals surface area contributed by atoms with Gasteiger partial charge >= 0.3 is 0 Å². The maximum Gasteiger partial charge on any atom is 0.140 e. The summed E-state index contributed by atoms with van der Waals surface area (Å²) < 4.78 is 0. The summed E-state index contributed by atoms with van der Waals surface area (Å²) in [5.74, 6) is -0.955. The van der Waals surface area contributed by atoms with Crippen LogP contribution in [0.25, 0.3) is 0 Å². The minimum atomic E-state index is -0.955. The second-order valence-electron chi connectivity index (χ2n) is 4.08. The molecule has 2 heterocycles. The number of carboxylic acid groups (broad SMARTS) is 1. The van der Waals surface area contributed by atoms with E-state index in [0.29, 0.717) is 12.8 Å². The first-order valence-electron chi connectivity index (χ1n) is 5.18. The van der Waals surface area contributed by atoms with E-state index in [4.69, 9.17) is 0 Å². The number of hydrogen-bond donors (Lipinski definition) is 1. The van der Waals surface area contributed by atoms with E-state index in [1.807, 2.05) is 17.4 Å². The van der Waals surface area contributed by atoms with E-state index >= 15 is 0 Å². The lowest BCUT2D eigenvalue weighted by atomic mass is 9.90. The first kappa shape index (κ1) is 10.1. The molecule has 1 atom stereocenters. The van der Waals surface area contributed by atoms with E-state index in [-0.39, 0.29) is 0 Å². The van der Waals surface area contributed by atoms with Gasteiger partial charge < -0.3 is 15.2 Å². The Kier molecular flexibility index (Phi) is 2.68. The Hall–Kier alpha value is -1.42. The number of nitrogens with zero attached hydrogens (tertiary/aromatic N) is 1. The van der Waals surface area contributed by atoms with Crippen LogP contribution in [0.3, 0.4) is 0 Å². The number of carbonyl (C=O) groups excluding carboxylic acids is 1. The standard InChI is InChI=1S/C11H14N2O2/c14-10(15)11(4-2-6-13-11)7-9-3-1-5-12-8-9/h1,3,5,8,13H,2,4,6-7H2,(H,14,15)/t11-/m0/s1. The molecule has 15 heavy (non-hydrogen) atoms. The molecule has 4 nitrogen and oxygen atoms in total. The molecular weight excluding hydrogens is 192 g/mol. The van der Waals surface area contributed by atoms with Crippen molar-refractivity contribution in [2.24, 2.45) is 0 Å². The third-order valence-electron chi connectivity index (χ3n) is 3.01. The topological polar surface area (TPSA) is 69.6 Å². The number of nitrogens with two attached hydrogens (primary N) is 1. The van der Waals surface area contributed by atoms with Crippen molar-refractivity contribution in [3.8, 4) is 0 Å². The number of aliphatic carboxylic acids is 1. The molecule has 1 aromatic heterocycles. The number of quaternary nitrogens is 1. The fourth-order valence-electron chi connectivity index (χ4n) is 2.18. The summed E-state index contributed by atoms with van der Waals surface area (Å²) in [6, 6.07) is 3.73. The van der Waals surface area contributed by atoms with Gasteiger partial charge in [-0.25, -0.2) is 0 Å². The van der Waals surface area contributed by atoms with Gasteiger partial charge in [0.1, 0.15) is 11.5 Å². The highest BCUT2D eigenvalue weighted by Gasteiger charge is 2.39. The first-order chi connectivity index (χ1) is 7.23. The average Bonchev–Trinajstić information content (AvgIpc) is 2.69. The van der Waals surface area contributed by atoms with Gasteiger partial charge in [-0.1, -0.05) is 6.07 Å². The van der Waals surface area contributed by atoms with Crippen LogP contribution in [0.5, 0.6) is 0 Å². The number of pyridine rings is 1. The smallest absolute Gasteiger partial charge is 0.140 e. The quantitative estimate of drug-likeness (QED) is 0.652. The van der Waals surface area contributed by atoms with E-state index in [1.165, 1.54) is 0 Å².